The second-order valence-electron chi connectivity index (χ2n) is 6.71. The van der Waals surface area contributed by atoms with E-state index in [2.05, 4.69) is 37.3 Å². The Balaban J connectivity index is 1.77. The lowest BCUT2D eigenvalue weighted by atomic mass is 9.70. The molecule has 0 heterocycles. The Morgan fingerprint density at radius 3 is 2.38 bits per heavy atom. The van der Waals surface area contributed by atoms with Crippen molar-refractivity contribution in [2.45, 2.75) is 77.6 Å². The highest BCUT2D eigenvalue weighted by molar-refractivity contribution is 5.32. The van der Waals surface area contributed by atoms with Gasteiger partial charge in [0.2, 0.25) is 0 Å². The third-order valence-corrected chi connectivity index (χ3v) is 5.02. The molecule has 1 unspecified atom stereocenters. The standard InChI is InChI=1S/C20H29N/c1-2-3-4-5-6-7-10-14-20(17-21)15-13-18-11-8-9-12-19(18)16-20/h8-9,11-12H,2-7,10,13-16H2,1H3. The molecular formula is C20H29N. The lowest BCUT2D eigenvalue weighted by Gasteiger charge is -2.32. The molecule has 0 spiro atoms. The molecule has 0 saturated heterocycles. The van der Waals surface area contributed by atoms with Crippen molar-refractivity contribution in [3.05, 3.63) is 35.4 Å². The number of benzene rings is 1. The summed E-state index contributed by atoms with van der Waals surface area (Å²) < 4.78 is 0. The molecule has 1 atom stereocenters. The predicted molar refractivity (Wildman–Crippen MR) is 89.1 cm³/mol. The van der Waals surface area contributed by atoms with Crippen molar-refractivity contribution in [2.75, 3.05) is 0 Å². The van der Waals surface area contributed by atoms with E-state index >= 15 is 0 Å². The number of aryl methyl sites for hydroxylation is 1. The van der Waals surface area contributed by atoms with Crippen LogP contribution in [-0.4, -0.2) is 0 Å². The molecule has 21 heavy (non-hydrogen) atoms. The van der Waals surface area contributed by atoms with Crippen molar-refractivity contribution < 1.29 is 0 Å². The van der Waals surface area contributed by atoms with Gasteiger partial charge in [-0.15, -0.1) is 0 Å². The highest BCUT2D eigenvalue weighted by Gasteiger charge is 2.33. The summed E-state index contributed by atoms with van der Waals surface area (Å²) in [7, 11) is 0. The van der Waals surface area contributed by atoms with E-state index in [1.54, 1.807) is 0 Å². The zero-order valence-corrected chi connectivity index (χ0v) is 13.5. The molecule has 0 aromatic heterocycles. The second kappa shape index (κ2) is 8.23. The summed E-state index contributed by atoms with van der Waals surface area (Å²) in [5.41, 5.74) is 2.79. The van der Waals surface area contributed by atoms with E-state index in [1.807, 2.05) is 0 Å². The molecule has 0 bridgehead atoms. The second-order valence-corrected chi connectivity index (χ2v) is 6.71. The Hall–Kier alpha value is -1.29. The van der Waals surface area contributed by atoms with Gasteiger partial charge in [-0.3, -0.25) is 0 Å². The Bertz CT molecular complexity index is 471. The van der Waals surface area contributed by atoms with Crippen LogP contribution in [-0.2, 0) is 12.8 Å². The van der Waals surface area contributed by atoms with E-state index in [9.17, 15) is 5.26 Å². The largest absolute Gasteiger partial charge is 0.198 e. The number of unbranched alkanes of at least 4 members (excludes halogenated alkanes) is 6. The Kier molecular flexibility index (Phi) is 6.30. The first-order valence-electron chi connectivity index (χ1n) is 8.78. The minimum Gasteiger partial charge on any atom is -0.198 e. The molecule has 2 rings (SSSR count). The topological polar surface area (TPSA) is 23.8 Å². The van der Waals surface area contributed by atoms with Crippen molar-refractivity contribution in [3.63, 3.8) is 0 Å². The van der Waals surface area contributed by atoms with Crippen molar-refractivity contribution in [1.82, 2.24) is 0 Å². The van der Waals surface area contributed by atoms with Crippen molar-refractivity contribution in [3.8, 4) is 6.07 Å². The first kappa shape index (κ1) is 16.1. The van der Waals surface area contributed by atoms with Gasteiger partial charge in [-0.25, -0.2) is 0 Å². The van der Waals surface area contributed by atoms with Gasteiger partial charge in [-0.1, -0.05) is 76.1 Å². The Morgan fingerprint density at radius 2 is 1.67 bits per heavy atom. The van der Waals surface area contributed by atoms with E-state index in [4.69, 9.17) is 0 Å². The molecule has 114 valence electrons. The fraction of sp³-hybridized carbons (Fsp3) is 0.650. The van der Waals surface area contributed by atoms with E-state index in [1.165, 1.54) is 56.1 Å². The van der Waals surface area contributed by atoms with Gasteiger partial charge in [0.15, 0.2) is 0 Å². The SMILES string of the molecule is CCCCCCCCCC1(C#N)CCc2ccccc2C1. The van der Waals surface area contributed by atoms with E-state index < -0.39 is 0 Å². The van der Waals surface area contributed by atoms with Crippen LogP contribution in [0.2, 0.25) is 0 Å². The van der Waals surface area contributed by atoms with Crippen LogP contribution in [0.15, 0.2) is 24.3 Å². The van der Waals surface area contributed by atoms with Crippen LogP contribution in [0.4, 0.5) is 0 Å². The first-order valence-corrected chi connectivity index (χ1v) is 8.78. The molecule has 1 aliphatic rings. The summed E-state index contributed by atoms with van der Waals surface area (Å²) in [4.78, 5) is 0. The fourth-order valence-electron chi connectivity index (χ4n) is 3.59. The van der Waals surface area contributed by atoms with Gasteiger partial charge in [0.25, 0.3) is 0 Å². The minimum absolute atomic E-state index is 0.0855. The molecule has 1 heteroatoms. The van der Waals surface area contributed by atoms with Crippen LogP contribution in [0.5, 0.6) is 0 Å². The molecule has 1 aliphatic carbocycles. The third kappa shape index (κ3) is 4.60. The lowest BCUT2D eigenvalue weighted by molar-refractivity contribution is 0.302. The maximum Gasteiger partial charge on any atom is 0.0693 e. The molecule has 0 radical (unpaired) electrons. The maximum absolute atomic E-state index is 9.69. The molecule has 0 aliphatic heterocycles. The van der Waals surface area contributed by atoms with E-state index in [-0.39, 0.29) is 5.41 Å². The van der Waals surface area contributed by atoms with Gasteiger partial charge in [0.1, 0.15) is 0 Å². The smallest absolute Gasteiger partial charge is 0.0693 e. The molecule has 0 N–H and O–H groups in total. The highest BCUT2D eigenvalue weighted by Crippen LogP contribution is 2.39. The van der Waals surface area contributed by atoms with Gasteiger partial charge in [0.05, 0.1) is 11.5 Å². The molecule has 1 aromatic carbocycles. The Labute approximate surface area is 130 Å². The number of nitrogens with zero attached hydrogens (tertiary/aromatic N) is 1. The summed E-state index contributed by atoms with van der Waals surface area (Å²) in [5.74, 6) is 0. The maximum atomic E-state index is 9.69. The third-order valence-electron chi connectivity index (χ3n) is 5.02. The summed E-state index contributed by atoms with van der Waals surface area (Å²) in [6.07, 6.45) is 13.5. The van der Waals surface area contributed by atoms with Crippen LogP contribution >= 0.6 is 0 Å². The molecule has 1 aromatic rings. The minimum atomic E-state index is -0.0855. The summed E-state index contributed by atoms with van der Waals surface area (Å²) in [5, 5.41) is 9.69. The number of hydrogen-bond donors (Lipinski definition) is 0. The van der Waals surface area contributed by atoms with Crippen LogP contribution in [0.1, 0.15) is 75.8 Å². The number of nitriles is 1. The van der Waals surface area contributed by atoms with Gasteiger partial charge in [-0.2, -0.15) is 5.26 Å². The first-order chi connectivity index (χ1) is 10.3. The quantitative estimate of drug-likeness (QED) is 0.551. The Morgan fingerprint density at radius 1 is 1.00 bits per heavy atom. The van der Waals surface area contributed by atoms with E-state index in [0.29, 0.717) is 0 Å². The monoisotopic (exact) mass is 283 g/mol. The number of fused-ring (bicyclic) bond motifs is 1. The van der Waals surface area contributed by atoms with Crippen molar-refractivity contribution in [2.24, 2.45) is 5.41 Å². The zero-order valence-electron chi connectivity index (χ0n) is 13.5. The molecule has 0 saturated carbocycles. The van der Waals surface area contributed by atoms with Crippen LogP contribution in [0.3, 0.4) is 0 Å². The van der Waals surface area contributed by atoms with Gasteiger partial charge < -0.3 is 0 Å². The predicted octanol–water partition coefficient (Wildman–Crippen LogP) is 5.83. The summed E-state index contributed by atoms with van der Waals surface area (Å²) >= 11 is 0. The van der Waals surface area contributed by atoms with Crippen LogP contribution < -0.4 is 0 Å². The molecule has 1 nitrogen and oxygen atoms in total. The van der Waals surface area contributed by atoms with E-state index in [0.717, 1.165) is 25.7 Å². The average molecular weight is 283 g/mol. The van der Waals surface area contributed by atoms with Gasteiger partial charge >= 0.3 is 0 Å². The van der Waals surface area contributed by atoms with Gasteiger partial charge in [0, 0.05) is 0 Å². The summed E-state index contributed by atoms with van der Waals surface area (Å²) in [6, 6.07) is 11.3. The van der Waals surface area contributed by atoms with Gasteiger partial charge in [-0.05, 0) is 36.8 Å². The normalized spacial score (nSPS) is 20.8. The van der Waals surface area contributed by atoms with Crippen molar-refractivity contribution in [1.29, 1.82) is 5.26 Å². The zero-order chi connectivity index (χ0) is 15.0. The lowest BCUT2D eigenvalue weighted by Crippen LogP contribution is -2.27. The van der Waals surface area contributed by atoms with Crippen molar-refractivity contribution >= 4 is 0 Å². The molecule has 0 fully saturated rings. The fourth-order valence-corrected chi connectivity index (χ4v) is 3.59. The van der Waals surface area contributed by atoms with Crippen LogP contribution in [0.25, 0.3) is 0 Å². The van der Waals surface area contributed by atoms with Crippen LogP contribution in [0, 0.1) is 16.7 Å². The molecular weight excluding hydrogens is 254 g/mol. The highest BCUT2D eigenvalue weighted by atomic mass is 14.4. The molecule has 0 amide bonds. The average Bonchev–Trinajstić information content (AvgIpc) is 2.54. The number of hydrogen-bond acceptors (Lipinski definition) is 1. The number of rotatable bonds is 8. The summed E-state index contributed by atoms with van der Waals surface area (Å²) in [6.45, 7) is 2.26.